The SMILES string of the molecule is C#CCOCC#CC(C)(C)NC(=O)C(Oc1cc(C)c2ncc(Br)cc2c1)SC. The minimum atomic E-state index is -0.734. The molecule has 0 saturated heterocycles. The number of aryl methyl sites for hydroxylation is 1. The van der Waals surface area contributed by atoms with Crippen LogP contribution in [0.2, 0.25) is 0 Å². The van der Waals surface area contributed by atoms with E-state index in [1.807, 2.05) is 45.2 Å². The van der Waals surface area contributed by atoms with Crippen molar-refractivity contribution in [2.45, 2.75) is 31.7 Å². The molecule has 1 amide bonds. The highest BCUT2D eigenvalue weighted by molar-refractivity contribution is 9.10. The smallest absolute Gasteiger partial charge is 0.272 e. The quantitative estimate of drug-likeness (QED) is 0.374. The standard InChI is InChI=1S/C22H23BrN2O3S/c1-6-9-27-10-7-8-22(3,4)25-20(26)21(29-5)28-18-11-15(2)19-16(13-18)12-17(23)14-24-19/h1,11-14,21H,9-10H2,2-5H3,(H,25,26). The Morgan fingerprint density at radius 1 is 1.38 bits per heavy atom. The van der Waals surface area contributed by atoms with Crippen LogP contribution in [0.25, 0.3) is 10.9 Å². The first-order valence-electron chi connectivity index (χ1n) is 8.84. The Kier molecular flexibility index (Phi) is 8.40. The molecule has 5 nitrogen and oxygen atoms in total. The lowest BCUT2D eigenvalue weighted by Crippen LogP contribution is -2.47. The van der Waals surface area contributed by atoms with Crippen molar-refractivity contribution >= 4 is 44.5 Å². The molecule has 1 heterocycles. The van der Waals surface area contributed by atoms with Gasteiger partial charge in [0.2, 0.25) is 5.44 Å². The normalized spacial score (nSPS) is 11.9. The number of hydrogen-bond acceptors (Lipinski definition) is 5. The summed E-state index contributed by atoms with van der Waals surface area (Å²) < 4.78 is 12.0. The van der Waals surface area contributed by atoms with Crippen LogP contribution in [0.15, 0.2) is 28.9 Å². The fraction of sp³-hybridized carbons (Fsp3) is 0.364. The largest absolute Gasteiger partial charge is 0.470 e. The number of ether oxygens (including phenoxy) is 2. The Morgan fingerprint density at radius 3 is 2.83 bits per heavy atom. The minimum Gasteiger partial charge on any atom is -0.470 e. The van der Waals surface area contributed by atoms with Crippen molar-refractivity contribution in [3.63, 3.8) is 0 Å². The highest BCUT2D eigenvalue weighted by atomic mass is 79.9. The topological polar surface area (TPSA) is 60.5 Å². The van der Waals surface area contributed by atoms with Gasteiger partial charge in [0.1, 0.15) is 19.0 Å². The van der Waals surface area contributed by atoms with E-state index in [1.54, 1.807) is 6.20 Å². The second-order valence-corrected chi connectivity index (χ2v) is 8.58. The number of thioether (sulfide) groups is 1. The number of halogens is 1. The highest BCUT2D eigenvalue weighted by Crippen LogP contribution is 2.27. The molecule has 2 rings (SSSR count). The molecule has 1 unspecified atom stereocenters. The van der Waals surface area contributed by atoms with Crippen molar-refractivity contribution in [2.75, 3.05) is 19.5 Å². The number of terminal acetylenes is 1. The van der Waals surface area contributed by atoms with Crippen molar-refractivity contribution in [1.29, 1.82) is 0 Å². The average Bonchev–Trinajstić information content (AvgIpc) is 2.65. The zero-order chi connectivity index (χ0) is 21.4. The van der Waals surface area contributed by atoms with Crippen LogP contribution in [0, 0.1) is 31.1 Å². The van der Waals surface area contributed by atoms with Gasteiger partial charge in [-0.2, -0.15) is 0 Å². The molecule has 1 atom stereocenters. The maximum Gasteiger partial charge on any atom is 0.272 e. The number of pyridine rings is 1. The number of nitrogens with one attached hydrogen (secondary N) is 1. The summed E-state index contributed by atoms with van der Waals surface area (Å²) in [7, 11) is 0. The van der Waals surface area contributed by atoms with E-state index in [1.165, 1.54) is 11.8 Å². The first-order valence-corrected chi connectivity index (χ1v) is 10.9. The molecular weight excluding hydrogens is 452 g/mol. The van der Waals surface area contributed by atoms with E-state index in [4.69, 9.17) is 15.9 Å². The molecule has 2 aromatic rings. The average molecular weight is 475 g/mol. The number of rotatable bonds is 7. The van der Waals surface area contributed by atoms with Crippen LogP contribution < -0.4 is 10.1 Å². The molecule has 0 aliphatic rings. The lowest BCUT2D eigenvalue weighted by atomic mass is 10.1. The fourth-order valence-electron chi connectivity index (χ4n) is 2.59. The summed E-state index contributed by atoms with van der Waals surface area (Å²) in [6.07, 6.45) is 8.70. The number of hydrogen-bond donors (Lipinski definition) is 1. The van der Waals surface area contributed by atoms with Crippen LogP contribution >= 0.6 is 27.7 Å². The molecule has 7 heteroatoms. The highest BCUT2D eigenvalue weighted by Gasteiger charge is 2.25. The number of carbonyl (C=O) groups is 1. The first kappa shape index (κ1) is 23.1. The second kappa shape index (κ2) is 10.5. The van der Waals surface area contributed by atoms with Gasteiger partial charge in [-0.25, -0.2) is 0 Å². The third kappa shape index (κ3) is 6.97. The summed E-state index contributed by atoms with van der Waals surface area (Å²) >= 11 is 4.74. The summed E-state index contributed by atoms with van der Waals surface area (Å²) in [5.41, 5.74) is 0.422. The maximum atomic E-state index is 12.7. The molecule has 0 aliphatic carbocycles. The van der Waals surface area contributed by atoms with Gasteiger partial charge in [-0.15, -0.1) is 18.2 Å². The van der Waals surface area contributed by atoms with Crippen molar-refractivity contribution in [1.82, 2.24) is 10.3 Å². The molecule has 0 spiro atoms. The zero-order valence-electron chi connectivity index (χ0n) is 16.8. The monoisotopic (exact) mass is 474 g/mol. The van der Waals surface area contributed by atoms with Crippen LogP contribution in [0.3, 0.4) is 0 Å². The third-order valence-electron chi connectivity index (χ3n) is 3.78. The summed E-state index contributed by atoms with van der Waals surface area (Å²) in [4.78, 5) is 17.2. The van der Waals surface area contributed by atoms with E-state index in [0.29, 0.717) is 5.75 Å². The van der Waals surface area contributed by atoms with Gasteiger partial charge in [0.15, 0.2) is 0 Å². The lowest BCUT2D eigenvalue weighted by Gasteiger charge is -2.24. The van der Waals surface area contributed by atoms with E-state index in [0.717, 1.165) is 20.9 Å². The van der Waals surface area contributed by atoms with Gasteiger partial charge in [-0.1, -0.05) is 17.8 Å². The molecule has 0 radical (unpaired) electrons. The van der Waals surface area contributed by atoms with Gasteiger partial charge in [-0.3, -0.25) is 9.78 Å². The molecule has 0 fully saturated rings. The van der Waals surface area contributed by atoms with Gasteiger partial charge in [0, 0.05) is 16.1 Å². The van der Waals surface area contributed by atoms with Crippen molar-refractivity contribution in [3.8, 4) is 29.9 Å². The number of carbonyl (C=O) groups excluding carboxylic acids is 1. The van der Waals surface area contributed by atoms with E-state index < -0.39 is 11.0 Å². The summed E-state index contributed by atoms with van der Waals surface area (Å²) in [6, 6.07) is 5.73. The Bertz CT molecular complexity index is 989. The molecule has 0 aliphatic heterocycles. The van der Waals surface area contributed by atoms with E-state index in [9.17, 15) is 4.79 Å². The Hall–Kier alpha value is -2.19. The molecule has 1 aromatic carbocycles. The van der Waals surface area contributed by atoms with Gasteiger partial charge >= 0.3 is 0 Å². The van der Waals surface area contributed by atoms with Crippen molar-refractivity contribution in [2.24, 2.45) is 0 Å². The van der Waals surface area contributed by atoms with E-state index in [-0.39, 0.29) is 19.1 Å². The second-order valence-electron chi connectivity index (χ2n) is 6.76. The summed E-state index contributed by atoms with van der Waals surface area (Å²) in [6.45, 7) is 6.03. The number of nitrogens with zero attached hydrogens (tertiary/aromatic N) is 1. The molecule has 152 valence electrons. The van der Waals surface area contributed by atoms with Gasteiger partial charge in [-0.05, 0) is 66.7 Å². The molecule has 0 bridgehead atoms. The number of amides is 1. The predicted octanol–water partition coefficient (Wildman–Crippen LogP) is 3.92. The van der Waals surface area contributed by atoms with Crippen LogP contribution in [0.1, 0.15) is 19.4 Å². The zero-order valence-corrected chi connectivity index (χ0v) is 19.2. The van der Waals surface area contributed by atoms with Crippen LogP contribution in [0.5, 0.6) is 5.75 Å². The Morgan fingerprint density at radius 2 is 2.14 bits per heavy atom. The van der Waals surface area contributed by atoms with Crippen LogP contribution in [-0.2, 0) is 9.53 Å². The maximum absolute atomic E-state index is 12.7. The van der Waals surface area contributed by atoms with Crippen LogP contribution in [-0.4, -0.2) is 41.3 Å². The number of fused-ring (bicyclic) bond motifs is 1. The van der Waals surface area contributed by atoms with Crippen molar-refractivity contribution in [3.05, 3.63) is 34.4 Å². The molecule has 0 saturated carbocycles. The van der Waals surface area contributed by atoms with Gasteiger partial charge in [0.05, 0.1) is 11.1 Å². The number of benzene rings is 1. The van der Waals surface area contributed by atoms with Crippen molar-refractivity contribution < 1.29 is 14.3 Å². The molecule has 1 aromatic heterocycles. The molecular formula is C22H23BrN2O3S. The Labute approximate surface area is 184 Å². The predicted molar refractivity (Wildman–Crippen MR) is 122 cm³/mol. The fourth-order valence-corrected chi connectivity index (χ4v) is 3.42. The lowest BCUT2D eigenvalue weighted by molar-refractivity contribution is -0.125. The Balaban J connectivity index is 2.10. The molecule has 29 heavy (non-hydrogen) atoms. The van der Waals surface area contributed by atoms with E-state index in [2.05, 4.69) is 44.0 Å². The summed E-state index contributed by atoms with van der Waals surface area (Å²) in [5.74, 6) is 8.57. The summed E-state index contributed by atoms with van der Waals surface area (Å²) in [5, 5.41) is 3.84. The van der Waals surface area contributed by atoms with Gasteiger partial charge in [0.25, 0.3) is 5.91 Å². The first-order chi connectivity index (χ1) is 13.8. The number of aromatic nitrogens is 1. The third-order valence-corrected chi connectivity index (χ3v) is 4.95. The minimum absolute atomic E-state index is 0.209. The molecule has 1 N–H and O–H groups in total. The van der Waals surface area contributed by atoms with E-state index >= 15 is 0 Å². The van der Waals surface area contributed by atoms with Crippen LogP contribution in [0.4, 0.5) is 0 Å². The van der Waals surface area contributed by atoms with Gasteiger partial charge < -0.3 is 14.8 Å².